The first kappa shape index (κ1) is 13.3. The molecule has 0 fully saturated rings. The van der Waals surface area contributed by atoms with Crippen molar-refractivity contribution in [1.82, 2.24) is 0 Å². The first-order valence-electron chi connectivity index (χ1n) is 6.09. The van der Waals surface area contributed by atoms with Crippen LogP contribution in [0.4, 0.5) is 0 Å². The molecule has 3 nitrogen and oxygen atoms in total. The number of carbonyl (C=O) groups excluding carboxylic acids is 1. The first-order chi connectivity index (χ1) is 8.99. The van der Waals surface area contributed by atoms with E-state index < -0.39 is 5.60 Å². The first-order valence-corrected chi connectivity index (χ1v) is 6.09. The zero-order chi connectivity index (χ0) is 13.9. The number of phenols is 1. The largest absolute Gasteiger partial charge is 0.508 e. The second-order valence-electron chi connectivity index (χ2n) is 4.79. The summed E-state index contributed by atoms with van der Waals surface area (Å²) in [5, 5.41) is 19.6. The fourth-order valence-corrected chi connectivity index (χ4v) is 1.96. The molecule has 0 spiro atoms. The van der Waals surface area contributed by atoms with E-state index in [0.717, 1.165) is 0 Å². The molecule has 2 rings (SSSR count). The third kappa shape index (κ3) is 3.20. The summed E-state index contributed by atoms with van der Waals surface area (Å²) in [5.74, 6) is -0.0415. The van der Waals surface area contributed by atoms with Gasteiger partial charge in [0.15, 0.2) is 5.78 Å². The molecule has 0 aromatic heterocycles. The number of carbonyl (C=O) groups is 1. The number of aromatic hydroxyl groups is 1. The Bertz CT molecular complexity index is 556. The predicted octanol–water partition coefficient (Wildman–Crippen LogP) is 2.87. The standard InChI is InChI=1S/C16H16O3/c1-16(19,13-5-3-2-4-6-13)11-15(18)12-7-9-14(17)10-8-12/h2-10,17,19H,11H2,1H3/t16-/m1/s1. The number of rotatable bonds is 4. The van der Waals surface area contributed by atoms with Gasteiger partial charge in [-0.3, -0.25) is 4.79 Å². The van der Waals surface area contributed by atoms with Gasteiger partial charge in [-0.15, -0.1) is 0 Å². The van der Waals surface area contributed by atoms with Crippen LogP contribution < -0.4 is 0 Å². The number of Topliss-reactive ketones (excluding diaryl/α,β-unsaturated/α-hetero) is 1. The smallest absolute Gasteiger partial charge is 0.166 e. The fraction of sp³-hybridized carbons (Fsp3) is 0.188. The van der Waals surface area contributed by atoms with Crippen molar-refractivity contribution in [2.24, 2.45) is 0 Å². The molecular formula is C16H16O3. The predicted molar refractivity (Wildman–Crippen MR) is 73.1 cm³/mol. The van der Waals surface area contributed by atoms with Gasteiger partial charge in [0, 0.05) is 12.0 Å². The highest BCUT2D eigenvalue weighted by Crippen LogP contribution is 2.26. The van der Waals surface area contributed by atoms with Crippen molar-refractivity contribution >= 4 is 5.78 Å². The molecule has 1 atom stereocenters. The molecular weight excluding hydrogens is 240 g/mol. The van der Waals surface area contributed by atoms with Crippen molar-refractivity contribution in [3.8, 4) is 5.75 Å². The third-order valence-corrected chi connectivity index (χ3v) is 3.09. The van der Waals surface area contributed by atoms with Crippen LogP contribution in [-0.2, 0) is 5.60 Å². The van der Waals surface area contributed by atoms with Crippen LogP contribution in [0.15, 0.2) is 54.6 Å². The van der Waals surface area contributed by atoms with Gasteiger partial charge in [-0.25, -0.2) is 0 Å². The van der Waals surface area contributed by atoms with E-state index in [9.17, 15) is 15.0 Å². The van der Waals surface area contributed by atoms with Crippen molar-refractivity contribution in [2.45, 2.75) is 18.9 Å². The van der Waals surface area contributed by atoms with Crippen LogP contribution in [0.5, 0.6) is 5.75 Å². The van der Waals surface area contributed by atoms with Crippen LogP contribution in [0.1, 0.15) is 29.3 Å². The Morgan fingerprint density at radius 2 is 1.63 bits per heavy atom. The van der Waals surface area contributed by atoms with Gasteiger partial charge in [-0.05, 0) is 36.8 Å². The van der Waals surface area contributed by atoms with Crippen LogP contribution in [0.2, 0.25) is 0 Å². The quantitative estimate of drug-likeness (QED) is 0.827. The monoisotopic (exact) mass is 256 g/mol. The van der Waals surface area contributed by atoms with Crippen molar-refractivity contribution in [1.29, 1.82) is 0 Å². The average Bonchev–Trinajstić information content (AvgIpc) is 2.40. The highest BCUT2D eigenvalue weighted by molar-refractivity contribution is 5.96. The molecule has 0 aliphatic carbocycles. The topological polar surface area (TPSA) is 57.5 Å². The SMILES string of the molecule is C[C@@](O)(CC(=O)c1ccc(O)cc1)c1ccccc1. The summed E-state index contributed by atoms with van der Waals surface area (Å²) in [6.07, 6.45) is 0.00177. The van der Waals surface area contributed by atoms with Crippen molar-refractivity contribution in [3.05, 3.63) is 65.7 Å². The molecule has 0 radical (unpaired) electrons. The van der Waals surface area contributed by atoms with Gasteiger partial charge < -0.3 is 10.2 Å². The summed E-state index contributed by atoms with van der Waals surface area (Å²) >= 11 is 0. The van der Waals surface area contributed by atoms with Crippen LogP contribution in [0.3, 0.4) is 0 Å². The Labute approximate surface area is 112 Å². The van der Waals surface area contributed by atoms with E-state index >= 15 is 0 Å². The van der Waals surface area contributed by atoms with Crippen LogP contribution in [0.25, 0.3) is 0 Å². The second-order valence-corrected chi connectivity index (χ2v) is 4.79. The Hall–Kier alpha value is -2.13. The summed E-state index contributed by atoms with van der Waals surface area (Å²) < 4.78 is 0. The van der Waals surface area contributed by atoms with Gasteiger partial charge in [0.05, 0.1) is 5.60 Å². The summed E-state index contributed by atoms with van der Waals surface area (Å²) in [5.41, 5.74) is -0.00732. The zero-order valence-electron chi connectivity index (χ0n) is 10.7. The molecule has 2 aromatic carbocycles. The van der Waals surface area contributed by atoms with E-state index in [4.69, 9.17) is 0 Å². The molecule has 0 aliphatic rings. The molecule has 0 unspecified atom stereocenters. The highest BCUT2D eigenvalue weighted by Gasteiger charge is 2.26. The molecule has 0 aliphatic heterocycles. The van der Waals surface area contributed by atoms with Gasteiger partial charge in [-0.2, -0.15) is 0 Å². The van der Waals surface area contributed by atoms with E-state index in [1.807, 2.05) is 18.2 Å². The normalized spacial score (nSPS) is 13.8. The Balaban J connectivity index is 2.16. The van der Waals surface area contributed by atoms with Crippen LogP contribution >= 0.6 is 0 Å². The lowest BCUT2D eigenvalue weighted by molar-refractivity contribution is 0.0431. The number of hydrogen-bond acceptors (Lipinski definition) is 3. The molecule has 0 bridgehead atoms. The van der Waals surface area contributed by atoms with Crippen LogP contribution in [-0.4, -0.2) is 16.0 Å². The molecule has 2 aromatic rings. The maximum Gasteiger partial charge on any atom is 0.166 e. The third-order valence-electron chi connectivity index (χ3n) is 3.09. The lowest BCUT2D eigenvalue weighted by Crippen LogP contribution is -2.25. The van der Waals surface area contributed by atoms with Crippen molar-refractivity contribution in [3.63, 3.8) is 0 Å². The molecule has 98 valence electrons. The molecule has 0 heterocycles. The molecule has 0 amide bonds. The number of hydrogen-bond donors (Lipinski definition) is 2. The number of aliphatic hydroxyl groups is 1. The number of phenolic OH excluding ortho intramolecular Hbond substituents is 1. The lowest BCUT2D eigenvalue weighted by Gasteiger charge is -2.23. The van der Waals surface area contributed by atoms with Gasteiger partial charge in [0.25, 0.3) is 0 Å². The maximum atomic E-state index is 12.1. The van der Waals surface area contributed by atoms with Crippen LogP contribution in [0, 0.1) is 0 Å². The van der Waals surface area contributed by atoms with E-state index in [1.165, 1.54) is 12.1 Å². The zero-order valence-corrected chi connectivity index (χ0v) is 10.7. The Morgan fingerprint density at radius 3 is 2.21 bits per heavy atom. The van der Waals surface area contributed by atoms with E-state index in [1.54, 1.807) is 31.2 Å². The maximum absolute atomic E-state index is 12.1. The molecule has 19 heavy (non-hydrogen) atoms. The number of benzene rings is 2. The van der Waals surface area contributed by atoms with Crippen molar-refractivity contribution in [2.75, 3.05) is 0 Å². The summed E-state index contributed by atoms with van der Waals surface area (Å²) in [4.78, 5) is 12.1. The highest BCUT2D eigenvalue weighted by atomic mass is 16.3. The van der Waals surface area contributed by atoms with Gasteiger partial charge in [0.2, 0.25) is 0 Å². The van der Waals surface area contributed by atoms with E-state index in [-0.39, 0.29) is 18.0 Å². The van der Waals surface area contributed by atoms with Crippen molar-refractivity contribution < 1.29 is 15.0 Å². The summed E-state index contributed by atoms with van der Waals surface area (Å²) in [7, 11) is 0. The molecule has 0 saturated heterocycles. The minimum absolute atomic E-state index is 0.00177. The fourth-order valence-electron chi connectivity index (χ4n) is 1.96. The molecule has 0 saturated carbocycles. The summed E-state index contributed by atoms with van der Waals surface area (Å²) in [6.45, 7) is 1.63. The Kier molecular flexibility index (Phi) is 3.67. The minimum Gasteiger partial charge on any atom is -0.508 e. The molecule has 3 heteroatoms. The Morgan fingerprint density at radius 1 is 1.05 bits per heavy atom. The minimum atomic E-state index is -1.20. The second kappa shape index (κ2) is 5.24. The molecule has 2 N–H and O–H groups in total. The average molecular weight is 256 g/mol. The van der Waals surface area contributed by atoms with E-state index in [0.29, 0.717) is 11.1 Å². The lowest BCUT2D eigenvalue weighted by atomic mass is 9.89. The van der Waals surface area contributed by atoms with Gasteiger partial charge >= 0.3 is 0 Å². The van der Waals surface area contributed by atoms with Gasteiger partial charge in [-0.1, -0.05) is 30.3 Å². The number of ketones is 1. The van der Waals surface area contributed by atoms with Gasteiger partial charge in [0.1, 0.15) is 5.75 Å². The van der Waals surface area contributed by atoms with E-state index in [2.05, 4.69) is 0 Å². The summed E-state index contributed by atoms with van der Waals surface area (Å²) in [6, 6.07) is 15.1.